The van der Waals surface area contributed by atoms with Crippen LogP contribution in [0.15, 0.2) is 12.1 Å². The number of nitrogens with two attached hydrogens (primary N) is 1. The second-order valence-corrected chi connectivity index (χ2v) is 4.90. The van der Waals surface area contributed by atoms with Crippen molar-refractivity contribution in [1.29, 1.82) is 0 Å². The first-order valence-corrected chi connectivity index (χ1v) is 6.46. The van der Waals surface area contributed by atoms with E-state index in [0.29, 0.717) is 12.2 Å². The highest BCUT2D eigenvalue weighted by Gasteiger charge is 2.30. The lowest BCUT2D eigenvalue weighted by molar-refractivity contribution is 0.00106. The third kappa shape index (κ3) is 3.49. The van der Waals surface area contributed by atoms with Gasteiger partial charge in [-0.1, -0.05) is 19.9 Å². The Morgan fingerprint density at radius 3 is 2.42 bits per heavy atom. The first-order valence-electron chi connectivity index (χ1n) is 6.46. The van der Waals surface area contributed by atoms with Crippen molar-refractivity contribution in [2.24, 2.45) is 11.8 Å². The molecule has 5 heteroatoms. The third-order valence-electron chi connectivity index (χ3n) is 3.15. The molecule has 0 aliphatic carbocycles. The Hall–Kier alpha value is -1.04. The van der Waals surface area contributed by atoms with E-state index in [1.54, 1.807) is 6.92 Å². The molecule has 0 spiro atoms. The molecule has 0 bridgehead atoms. The van der Waals surface area contributed by atoms with Crippen molar-refractivity contribution in [3.63, 3.8) is 0 Å². The molecule has 2 atom stereocenters. The molecule has 0 aliphatic heterocycles. The van der Waals surface area contributed by atoms with E-state index in [9.17, 15) is 8.78 Å². The zero-order valence-corrected chi connectivity index (χ0v) is 11.8. The summed E-state index contributed by atoms with van der Waals surface area (Å²) in [5.41, 5.74) is 2.81. The highest BCUT2D eigenvalue weighted by atomic mass is 19.1. The molecule has 19 heavy (non-hydrogen) atoms. The van der Waals surface area contributed by atoms with Crippen molar-refractivity contribution in [2.75, 3.05) is 6.61 Å². The zero-order chi connectivity index (χ0) is 14.6. The van der Waals surface area contributed by atoms with Crippen LogP contribution < -0.4 is 11.3 Å². The van der Waals surface area contributed by atoms with E-state index in [-0.39, 0.29) is 11.5 Å². The molecule has 0 fully saturated rings. The fourth-order valence-corrected chi connectivity index (χ4v) is 2.17. The van der Waals surface area contributed by atoms with Gasteiger partial charge in [0.2, 0.25) is 0 Å². The molecule has 3 N–H and O–H groups in total. The first kappa shape index (κ1) is 16.0. The summed E-state index contributed by atoms with van der Waals surface area (Å²) >= 11 is 0. The smallest absolute Gasteiger partial charge is 0.133 e. The normalized spacial score (nSPS) is 14.7. The van der Waals surface area contributed by atoms with Crippen LogP contribution in [0, 0.1) is 24.5 Å². The number of ether oxygens (including phenoxy) is 1. The van der Waals surface area contributed by atoms with E-state index >= 15 is 0 Å². The SMILES string of the molecule is CCOC(C(C)C)C(NN)c1c(F)ccc(C)c1F. The maximum atomic E-state index is 14.2. The minimum atomic E-state index is -0.722. The molecular formula is C14H22F2N2O. The van der Waals surface area contributed by atoms with E-state index in [1.807, 2.05) is 20.8 Å². The number of hydrogen-bond acceptors (Lipinski definition) is 3. The summed E-state index contributed by atoms with van der Waals surface area (Å²) in [5, 5.41) is 0. The highest BCUT2D eigenvalue weighted by Crippen LogP contribution is 2.29. The van der Waals surface area contributed by atoms with E-state index in [2.05, 4.69) is 5.43 Å². The van der Waals surface area contributed by atoms with Gasteiger partial charge in [-0.15, -0.1) is 0 Å². The average Bonchev–Trinajstić information content (AvgIpc) is 2.37. The summed E-state index contributed by atoms with van der Waals surface area (Å²) in [6.07, 6.45) is -0.402. The predicted octanol–water partition coefficient (Wildman–Crippen LogP) is 2.84. The number of hydrogen-bond donors (Lipinski definition) is 2. The van der Waals surface area contributed by atoms with E-state index in [1.165, 1.54) is 12.1 Å². The molecule has 0 aliphatic rings. The van der Waals surface area contributed by atoms with Crippen LogP contribution >= 0.6 is 0 Å². The van der Waals surface area contributed by atoms with Gasteiger partial charge in [-0.25, -0.2) is 8.78 Å². The van der Waals surface area contributed by atoms with Crippen molar-refractivity contribution in [1.82, 2.24) is 5.43 Å². The summed E-state index contributed by atoms with van der Waals surface area (Å²) in [6, 6.07) is 1.94. The molecule has 1 aromatic rings. The summed E-state index contributed by atoms with van der Waals surface area (Å²) in [6.45, 7) is 7.74. The lowest BCUT2D eigenvalue weighted by Crippen LogP contribution is -2.41. The minimum absolute atomic E-state index is 0.0605. The Kier molecular flexibility index (Phi) is 5.85. The van der Waals surface area contributed by atoms with Gasteiger partial charge in [0.1, 0.15) is 11.6 Å². The van der Waals surface area contributed by atoms with Crippen LogP contribution in [0.3, 0.4) is 0 Å². The first-order chi connectivity index (χ1) is 8.93. The molecule has 0 amide bonds. The summed E-state index contributed by atoms with van der Waals surface area (Å²) < 4.78 is 33.7. The van der Waals surface area contributed by atoms with Gasteiger partial charge in [-0.3, -0.25) is 11.3 Å². The lowest BCUT2D eigenvalue weighted by atomic mass is 9.92. The molecule has 108 valence electrons. The number of halogens is 2. The third-order valence-corrected chi connectivity index (χ3v) is 3.15. The molecule has 3 nitrogen and oxygen atoms in total. The maximum Gasteiger partial charge on any atom is 0.133 e. The molecule has 1 aromatic carbocycles. The van der Waals surface area contributed by atoms with Crippen LogP contribution in [0.1, 0.15) is 37.9 Å². The molecule has 0 aromatic heterocycles. The van der Waals surface area contributed by atoms with Gasteiger partial charge in [0.05, 0.1) is 12.1 Å². The van der Waals surface area contributed by atoms with Crippen LogP contribution in [0.5, 0.6) is 0 Å². The molecule has 0 saturated carbocycles. The number of benzene rings is 1. The number of nitrogens with one attached hydrogen (secondary N) is 1. The van der Waals surface area contributed by atoms with Gasteiger partial charge in [0.25, 0.3) is 0 Å². The van der Waals surface area contributed by atoms with Gasteiger partial charge in [0, 0.05) is 12.2 Å². The van der Waals surface area contributed by atoms with E-state index in [0.717, 1.165) is 0 Å². The molecule has 0 saturated heterocycles. The Balaban J connectivity index is 3.25. The fourth-order valence-electron chi connectivity index (χ4n) is 2.17. The second kappa shape index (κ2) is 6.93. The second-order valence-electron chi connectivity index (χ2n) is 4.90. The molecular weight excluding hydrogens is 250 g/mol. The van der Waals surface area contributed by atoms with Crippen LogP contribution in [0.25, 0.3) is 0 Å². The fraction of sp³-hybridized carbons (Fsp3) is 0.571. The van der Waals surface area contributed by atoms with Crippen LogP contribution in [0.4, 0.5) is 8.78 Å². The topological polar surface area (TPSA) is 47.3 Å². The van der Waals surface area contributed by atoms with Gasteiger partial charge >= 0.3 is 0 Å². The van der Waals surface area contributed by atoms with E-state index in [4.69, 9.17) is 10.6 Å². The van der Waals surface area contributed by atoms with Crippen molar-refractivity contribution in [3.8, 4) is 0 Å². The molecule has 0 radical (unpaired) electrons. The Morgan fingerprint density at radius 1 is 1.32 bits per heavy atom. The van der Waals surface area contributed by atoms with E-state index < -0.39 is 23.8 Å². The molecule has 1 rings (SSSR count). The average molecular weight is 272 g/mol. The standard InChI is InChI=1S/C14H22F2N2O/c1-5-19-14(8(2)3)13(18-17)11-10(15)7-6-9(4)12(11)16/h6-8,13-14,18H,5,17H2,1-4H3. The van der Waals surface area contributed by atoms with Crippen molar-refractivity contribution in [2.45, 2.75) is 39.8 Å². The molecule has 2 unspecified atom stereocenters. The highest BCUT2D eigenvalue weighted by molar-refractivity contribution is 5.30. The van der Waals surface area contributed by atoms with Gasteiger partial charge < -0.3 is 4.74 Å². The largest absolute Gasteiger partial charge is 0.376 e. The summed E-state index contributed by atoms with van der Waals surface area (Å²) in [5.74, 6) is 4.38. The monoisotopic (exact) mass is 272 g/mol. The Labute approximate surface area is 113 Å². The zero-order valence-electron chi connectivity index (χ0n) is 11.8. The lowest BCUT2D eigenvalue weighted by Gasteiger charge is -2.30. The van der Waals surface area contributed by atoms with Crippen LogP contribution in [-0.2, 0) is 4.74 Å². The van der Waals surface area contributed by atoms with Crippen molar-refractivity contribution >= 4 is 0 Å². The predicted molar refractivity (Wildman–Crippen MR) is 71.4 cm³/mol. The molecule has 0 heterocycles. The Morgan fingerprint density at radius 2 is 1.95 bits per heavy atom. The van der Waals surface area contributed by atoms with Gasteiger partial charge in [-0.2, -0.15) is 0 Å². The quantitative estimate of drug-likeness (QED) is 0.618. The number of hydrazine groups is 1. The van der Waals surface area contributed by atoms with Crippen molar-refractivity contribution < 1.29 is 13.5 Å². The van der Waals surface area contributed by atoms with Gasteiger partial charge in [0.15, 0.2) is 0 Å². The van der Waals surface area contributed by atoms with Crippen LogP contribution in [-0.4, -0.2) is 12.7 Å². The Bertz CT molecular complexity index is 424. The number of aryl methyl sites for hydroxylation is 1. The van der Waals surface area contributed by atoms with Crippen LogP contribution in [0.2, 0.25) is 0 Å². The number of rotatable bonds is 6. The maximum absolute atomic E-state index is 14.2. The van der Waals surface area contributed by atoms with Gasteiger partial charge in [-0.05, 0) is 31.4 Å². The minimum Gasteiger partial charge on any atom is -0.376 e. The van der Waals surface area contributed by atoms with Crippen molar-refractivity contribution in [3.05, 3.63) is 34.9 Å². The summed E-state index contributed by atoms with van der Waals surface area (Å²) in [4.78, 5) is 0. The summed E-state index contributed by atoms with van der Waals surface area (Å²) in [7, 11) is 0.